The SMILES string of the molecule is c1ccc(-c2cc(-c3ccccc3)nc(-c3c4ccccc4n4c5ccccc5n(-c5ccccc5)c34)n2)cc1. The lowest BCUT2D eigenvalue weighted by molar-refractivity contribution is 1.13. The molecule has 3 heterocycles. The van der Waals surface area contributed by atoms with Crippen molar-refractivity contribution in [2.24, 2.45) is 0 Å². The Balaban J connectivity index is 1.54. The summed E-state index contributed by atoms with van der Waals surface area (Å²) in [5.74, 6) is 0.707. The molecule has 0 atom stereocenters. The summed E-state index contributed by atoms with van der Waals surface area (Å²) in [5.41, 5.74) is 10.5. The Morgan fingerprint density at radius 3 is 1.57 bits per heavy atom. The Morgan fingerprint density at radius 1 is 0.450 bits per heavy atom. The maximum Gasteiger partial charge on any atom is 0.164 e. The van der Waals surface area contributed by atoms with Gasteiger partial charge in [-0.2, -0.15) is 0 Å². The topological polar surface area (TPSA) is 35.1 Å². The molecule has 3 aromatic heterocycles. The Hall–Kier alpha value is -5.48. The summed E-state index contributed by atoms with van der Waals surface area (Å²) in [7, 11) is 0. The van der Waals surface area contributed by atoms with Crippen molar-refractivity contribution in [1.82, 2.24) is 18.9 Å². The molecule has 0 N–H and O–H groups in total. The highest BCUT2D eigenvalue weighted by atomic mass is 15.1. The van der Waals surface area contributed by atoms with E-state index < -0.39 is 0 Å². The zero-order valence-electron chi connectivity index (χ0n) is 21.6. The normalized spacial score (nSPS) is 11.5. The van der Waals surface area contributed by atoms with Crippen molar-refractivity contribution in [2.45, 2.75) is 0 Å². The number of benzene rings is 5. The maximum atomic E-state index is 5.24. The Bertz CT molecular complexity index is 2080. The molecule has 4 heteroatoms. The molecule has 0 aliphatic carbocycles. The number of fused-ring (bicyclic) bond motifs is 5. The highest BCUT2D eigenvalue weighted by molar-refractivity contribution is 6.08. The Kier molecular flexibility index (Phi) is 5.10. The average molecular weight is 513 g/mol. The molecule has 0 fully saturated rings. The van der Waals surface area contributed by atoms with E-state index in [1.807, 2.05) is 12.1 Å². The number of imidazole rings is 1. The molecule has 8 aromatic rings. The van der Waals surface area contributed by atoms with Crippen LogP contribution >= 0.6 is 0 Å². The first-order valence-corrected chi connectivity index (χ1v) is 13.5. The molecule has 0 saturated heterocycles. The first kappa shape index (κ1) is 22.5. The molecule has 0 bridgehead atoms. The number of nitrogens with zero attached hydrogens (tertiary/aromatic N) is 4. The van der Waals surface area contributed by atoms with Crippen LogP contribution in [-0.2, 0) is 0 Å². The van der Waals surface area contributed by atoms with Crippen molar-refractivity contribution < 1.29 is 0 Å². The van der Waals surface area contributed by atoms with E-state index in [9.17, 15) is 0 Å². The van der Waals surface area contributed by atoms with Gasteiger partial charge in [0.2, 0.25) is 0 Å². The van der Waals surface area contributed by atoms with Gasteiger partial charge in [-0.3, -0.25) is 8.97 Å². The Labute approximate surface area is 231 Å². The number of aromatic nitrogens is 4. The lowest BCUT2D eigenvalue weighted by Crippen LogP contribution is -1.99. The second-order valence-electron chi connectivity index (χ2n) is 9.90. The van der Waals surface area contributed by atoms with Gasteiger partial charge >= 0.3 is 0 Å². The molecule has 0 unspecified atom stereocenters. The van der Waals surface area contributed by atoms with Crippen LogP contribution in [0.5, 0.6) is 0 Å². The molecule has 5 aromatic carbocycles. The first-order chi connectivity index (χ1) is 19.9. The fourth-order valence-electron chi connectivity index (χ4n) is 5.77. The van der Waals surface area contributed by atoms with Gasteiger partial charge in [-0.1, -0.05) is 109 Å². The van der Waals surface area contributed by atoms with Crippen LogP contribution in [0.15, 0.2) is 146 Å². The zero-order chi connectivity index (χ0) is 26.5. The van der Waals surface area contributed by atoms with Crippen LogP contribution in [0.25, 0.3) is 67.2 Å². The first-order valence-electron chi connectivity index (χ1n) is 13.5. The zero-order valence-corrected chi connectivity index (χ0v) is 21.6. The van der Waals surface area contributed by atoms with Crippen LogP contribution in [0.3, 0.4) is 0 Å². The van der Waals surface area contributed by atoms with Crippen LogP contribution in [-0.4, -0.2) is 18.9 Å². The van der Waals surface area contributed by atoms with Crippen molar-refractivity contribution in [1.29, 1.82) is 0 Å². The minimum absolute atomic E-state index is 0.707. The highest BCUT2D eigenvalue weighted by Gasteiger charge is 2.24. The smallest absolute Gasteiger partial charge is 0.164 e. The van der Waals surface area contributed by atoms with Gasteiger partial charge < -0.3 is 0 Å². The monoisotopic (exact) mass is 512 g/mol. The van der Waals surface area contributed by atoms with Gasteiger partial charge in [0, 0.05) is 22.2 Å². The quantitative estimate of drug-likeness (QED) is 0.236. The lowest BCUT2D eigenvalue weighted by Gasteiger charge is -2.11. The molecular formula is C36H24N4. The second-order valence-corrected chi connectivity index (χ2v) is 9.90. The van der Waals surface area contributed by atoms with E-state index in [2.05, 4.69) is 142 Å². The van der Waals surface area contributed by atoms with E-state index in [0.717, 1.165) is 61.3 Å². The van der Waals surface area contributed by atoms with E-state index in [1.165, 1.54) is 0 Å². The molecule has 0 radical (unpaired) electrons. The predicted molar refractivity (Wildman–Crippen MR) is 164 cm³/mol. The van der Waals surface area contributed by atoms with Crippen LogP contribution in [0.4, 0.5) is 0 Å². The lowest BCUT2D eigenvalue weighted by atomic mass is 10.1. The third kappa shape index (κ3) is 3.47. The largest absolute Gasteiger partial charge is 0.293 e. The van der Waals surface area contributed by atoms with Gasteiger partial charge in [-0.05, 0) is 36.4 Å². The molecule has 40 heavy (non-hydrogen) atoms. The fourth-order valence-corrected chi connectivity index (χ4v) is 5.77. The van der Waals surface area contributed by atoms with Crippen LogP contribution in [0.2, 0.25) is 0 Å². The van der Waals surface area contributed by atoms with E-state index in [-0.39, 0.29) is 0 Å². The van der Waals surface area contributed by atoms with Gasteiger partial charge in [0.15, 0.2) is 5.82 Å². The summed E-state index contributed by atoms with van der Waals surface area (Å²) < 4.78 is 4.69. The van der Waals surface area contributed by atoms with Gasteiger partial charge in [0.05, 0.1) is 33.5 Å². The van der Waals surface area contributed by atoms with Gasteiger partial charge in [0.25, 0.3) is 0 Å². The molecule has 0 amide bonds. The molecular weight excluding hydrogens is 488 g/mol. The molecule has 0 aliphatic heterocycles. The highest BCUT2D eigenvalue weighted by Crippen LogP contribution is 2.40. The minimum Gasteiger partial charge on any atom is -0.293 e. The van der Waals surface area contributed by atoms with E-state index in [0.29, 0.717) is 5.82 Å². The standard InChI is InChI=1S/C36H24N4/c1-4-14-25(15-5-1)29-24-30(26-16-6-2-7-17-26)38-35(37-29)34-28-20-10-11-21-31(28)40-33-23-13-12-22-32(33)39(36(34)40)27-18-8-3-9-19-27/h1-24H. The van der Waals surface area contributed by atoms with Gasteiger partial charge in [0.1, 0.15) is 5.65 Å². The van der Waals surface area contributed by atoms with Gasteiger partial charge in [-0.25, -0.2) is 9.97 Å². The minimum atomic E-state index is 0.707. The van der Waals surface area contributed by atoms with Crippen molar-refractivity contribution in [2.75, 3.05) is 0 Å². The van der Waals surface area contributed by atoms with Crippen LogP contribution in [0.1, 0.15) is 0 Å². The van der Waals surface area contributed by atoms with Crippen molar-refractivity contribution in [3.63, 3.8) is 0 Å². The van der Waals surface area contributed by atoms with Crippen molar-refractivity contribution >= 4 is 27.6 Å². The molecule has 8 rings (SSSR count). The van der Waals surface area contributed by atoms with E-state index in [4.69, 9.17) is 9.97 Å². The second kappa shape index (κ2) is 9.07. The third-order valence-corrected chi connectivity index (χ3v) is 7.53. The molecule has 188 valence electrons. The third-order valence-electron chi connectivity index (χ3n) is 7.53. The van der Waals surface area contributed by atoms with Crippen LogP contribution in [0, 0.1) is 0 Å². The van der Waals surface area contributed by atoms with E-state index in [1.54, 1.807) is 0 Å². The van der Waals surface area contributed by atoms with Gasteiger partial charge in [-0.15, -0.1) is 0 Å². The molecule has 0 aliphatic rings. The molecule has 4 nitrogen and oxygen atoms in total. The fraction of sp³-hybridized carbons (Fsp3) is 0. The summed E-state index contributed by atoms with van der Waals surface area (Å²) in [4.78, 5) is 10.5. The average Bonchev–Trinajstić information content (AvgIpc) is 3.55. The molecule has 0 saturated carbocycles. The summed E-state index contributed by atoms with van der Waals surface area (Å²) in [5, 5.41) is 1.12. The summed E-state index contributed by atoms with van der Waals surface area (Å²) >= 11 is 0. The van der Waals surface area contributed by atoms with Crippen molar-refractivity contribution in [3.8, 4) is 39.6 Å². The predicted octanol–water partition coefficient (Wildman–Crippen LogP) is 8.83. The Morgan fingerprint density at radius 2 is 0.950 bits per heavy atom. The maximum absolute atomic E-state index is 5.24. The van der Waals surface area contributed by atoms with Crippen LogP contribution < -0.4 is 0 Å². The molecule has 0 spiro atoms. The number of hydrogen-bond acceptors (Lipinski definition) is 2. The van der Waals surface area contributed by atoms with Crippen molar-refractivity contribution in [3.05, 3.63) is 146 Å². The number of para-hydroxylation sites is 4. The summed E-state index contributed by atoms with van der Waals surface area (Å²) in [6, 6.07) is 50.5. The summed E-state index contributed by atoms with van der Waals surface area (Å²) in [6.45, 7) is 0. The van der Waals surface area contributed by atoms with E-state index >= 15 is 0 Å². The summed E-state index contributed by atoms with van der Waals surface area (Å²) in [6.07, 6.45) is 0. The number of rotatable bonds is 4. The number of hydrogen-bond donors (Lipinski definition) is 0.